The van der Waals surface area contributed by atoms with Crippen LogP contribution in [0.25, 0.3) is 0 Å². The van der Waals surface area contributed by atoms with Crippen molar-refractivity contribution in [3.8, 4) is 5.75 Å². The highest BCUT2D eigenvalue weighted by atomic mass is 79.9. The molecule has 0 unspecified atom stereocenters. The van der Waals surface area contributed by atoms with E-state index in [-0.39, 0.29) is 20.7 Å². The molecule has 2 aromatic rings. The summed E-state index contributed by atoms with van der Waals surface area (Å²) < 4.78 is 45.2. The molecule has 5 nitrogen and oxygen atoms in total. The number of nitrogens with one attached hydrogen (secondary N) is 1. The lowest BCUT2D eigenvalue weighted by Crippen LogP contribution is -2.15. The van der Waals surface area contributed by atoms with Crippen LogP contribution in [-0.4, -0.2) is 15.5 Å². The average Bonchev–Trinajstić information content (AvgIpc) is 2.42. The fourth-order valence-corrected chi connectivity index (χ4v) is 3.21. The van der Waals surface area contributed by atoms with Crippen molar-refractivity contribution < 1.29 is 17.5 Å². The molecule has 0 heterocycles. The number of hydrogen-bond acceptors (Lipinski definition) is 4. The van der Waals surface area contributed by atoms with Crippen LogP contribution in [0.4, 0.5) is 15.8 Å². The van der Waals surface area contributed by atoms with Gasteiger partial charge in [-0.15, -0.1) is 0 Å². The Hall–Kier alpha value is -1.80. The second-order valence-electron chi connectivity index (χ2n) is 4.14. The Labute approximate surface area is 130 Å². The van der Waals surface area contributed by atoms with Gasteiger partial charge in [0.1, 0.15) is 16.5 Å². The second-order valence-corrected chi connectivity index (χ2v) is 6.64. The van der Waals surface area contributed by atoms with Crippen molar-refractivity contribution in [3.05, 3.63) is 46.7 Å². The Balaban J connectivity index is 2.36. The van der Waals surface area contributed by atoms with Crippen molar-refractivity contribution in [3.63, 3.8) is 0 Å². The molecule has 0 spiro atoms. The first kappa shape index (κ1) is 15.6. The topological polar surface area (TPSA) is 81.4 Å². The molecular weight excluding hydrogens is 363 g/mol. The fraction of sp³-hybridized carbons (Fsp3) is 0.0769. The van der Waals surface area contributed by atoms with Crippen LogP contribution < -0.4 is 15.2 Å². The minimum atomic E-state index is -3.87. The van der Waals surface area contributed by atoms with Crippen molar-refractivity contribution in [2.24, 2.45) is 0 Å². The van der Waals surface area contributed by atoms with Gasteiger partial charge in [-0.3, -0.25) is 4.72 Å². The molecule has 0 aliphatic rings. The number of halogens is 2. The third kappa shape index (κ3) is 3.45. The zero-order valence-corrected chi connectivity index (χ0v) is 13.3. The van der Waals surface area contributed by atoms with Crippen LogP contribution in [0, 0.1) is 5.82 Å². The molecule has 2 rings (SSSR count). The minimum absolute atomic E-state index is 0.0584. The molecule has 0 radical (unpaired) electrons. The van der Waals surface area contributed by atoms with Gasteiger partial charge in [-0.05, 0) is 46.3 Å². The second kappa shape index (κ2) is 5.90. The van der Waals surface area contributed by atoms with Crippen molar-refractivity contribution >= 4 is 37.3 Å². The van der Waals surface area contributed by atoms with E-state index >= 15 is 0 Å². The van der Waals surface area contributed by atoms with Gasteiger partial charge in [-0.2, -0.15) is 0 Å². The van der Waals surface area contributed by atoms with Crippen LogP contribution in [-0.2, 0) is 10.0 Å². The summed E-state index contributed by atoms with van der Waals surface area (Å²) in [5.74, 6) is -0.0297. The zero-order valence-electron chi connectivity index (χ0n) is 10.9. The van der Waals surface area contributed by atoms with Gasteiger partial charge in [0.05, 0.1) is 23.0 Å². The van der Waals surface area contributed by atoms with Crippen LogP contribution in [0.5, 0.6) is 5.75 Å². The maximum absolute atomic E-state index is 13.1. The van der Waals surface area contributed by atoms with Crippen LogP contribution in [0.1, 0.15) is 0 Å². The third-order valence-corrected chi connectivity index (χ3v) is 4.74. The maximum Gasteiger partial charge on any atom is 0.263 e. The number of benzene rings is 2. The largest absolute Gasteiger partial charge is 0.497 e. The lowest BCUT2D eigenvalue weighted by Gasteiger charge is -2.11. The maximum atomic E-state index is 13.1. The molecule has 0 aromatic heterocycles. The lowest BCUT2D eigenvalue weighted by atomic mass is 10.3. The number of methoxy groups -OCH3 is 1. The first-order valence-electron chi connectivity index (χ1n) is 5.75. The molecule has 0 atom stereocenters. The number of anilines is 2. The van der Waals surface area contributed by atoms with Gasteiger partial charge in [-0.1, -0.05) is 0 Å². The van der Waals surface area contributed by atoms with Crippen LogP contribution in [0.3, 0.4) is 0 Å². The summed E-state index contributed by atoms with van der Waals surface area (Å²) in [4.78, 5) is -0.0799. The minimum Gasteiger partial charge on any atom is -0.497 e. The van der Waals surface area contributed by atoms with Gasteiger partial charge in [0.15, 0.2) is 0 Å². The average molecular weight is 375 g/mol. The van der Waals surface area contributed by atoms with E-state index in [1.54, 1.807) is 0 Å². The number of hydrogen-bond donors (Lipinski definition) is 2. The predicted molar refractivity (Wildman–Crippen MR) is 82.3 cm³/mol. The van der Waals surface area contributed by atoms with Crippen molar-refractivity contribution in [2.75, 3.05) is 17.6 Å². The molecule has 2 aromatic carbocycles. The number of nitrogens with two attached hydrogens (primary N) is 1. The predicted octanol–water partition coefficient (Wildman–Crippen LogP) is 2.98. The summed E-state index contributed by atoms with van der Waals surface area (Å²) in [7, 11) is -2.42. The molecule has 0 aliphatic heterocycles. The van der Waals surface area contributed by atoms with Crippen molar-refractivity contribution in [1.29, 1.82) is 0 Å². The summed E-state index contributed by atoms with van der Waals surface area (Å²) in [5.41, 5.74) is 6.00. The molecule has 3 N–H and O–H groups in total. The highest BCUT2D eigenvalue weighted by Crippen LogP contribution is 2.27. The van der Waals surface area contributed by atoms with Crippen molar-refractivity contribution in [1.82, 2.24) is 0 Å². The summed E-state index contributed by atoms with van der Waals surface area (Å²) in [6.45, 7) is 0. The molecular formula is C13H12BrFN2O3S. The first-order valence-corrected chi connectivity index (χ1v) is 8.02. The molecule has 0 amide bonds. The number of nitrogen functional groups attached to an aromatic ring is 1. The van der Waals surface area contributed by atoms with E-state index in [4.69, 9.17) is 10.5 Å². The molecule has 0 bridgehead atoms. The molecule has 21 heavy (non-hydrogen) atoms. The van der Waals surface area contributed by atoms with Crippen LogP contribution >= 0.6 is 15.9 Å². The van der Waals surface area contributed by atoms with Crippen LogP contribution in [0.15, 0.2) is 45.8 Å². The summed E-state index contributed by atoms with van der Waals surface area (Å²) >= 11 is 2.99. The molecule has 0 saturated heterocycles. The van der Waals surface area contributed by atoms with Gasteiger partial charge < -0.3 is 10.5 Å². The van der Waals surface area contributed by atoms with E-state index in [0.717, 1.165) is 6.07 Å². The number of ether oxygens (including phenoxy) is 1. The Morgan fingerprint density at radius 1 is 1.24 bits per heavy atom. The van der Waals surface area contributed by atoms with Crippen LogP contribution in [0.2, 0.25) is 0 Å². The monoisotopic (exact) mass is 374 g/mol. The fourth-order valence-electron chi connectivity index (χ4n) is 1.67. The highest BCUT2D eigenvalue weighted by molar-refractivity contribution is 9.10. The third-order valence-electron chi connectivity index (χ3n) is 2.68. The Morgan fingerprint density at radius 3 is 2.52 bits per heavy atom. The molecule has 0 saturated carbocycles. The smallest absolute Gasteiger partial charge is 0.263 e. The van der Waals surface area contributed by atoms with E-state index in [1.165, 1.54) is 37.4 Å². The number of sulfonamides is 1. The Morgan fingerprint density at radius 2 is 1.95 bits per heavy atom. The Kier molecular flexibility index (Phi) is 4.38. The molecule has 0 fully saturated rings. The Bertz CT molecular complexity index is 781. The number of rotatable bonds is 4. The summed E-state index contributed by atoms with van der Waals surface area (Å²) in [6, 6.07) is 8.04. The van der Waals surface area contributed by atoms with Gasteiger partial charge >= 0.3 is 0 Å². The molecule has 8 heteroatoms. The van der Waals surface area contributed by atoms with Crippen molar-refractivity contribution in [2.45, 2.75) is 4.90 Å². The van der Waals surface area contributed by atoms with E-state index in [9.17, 15) is 12.8 Å². The van der Waals surface area contributed by atoms with Gasteiger partial charge in [0.25, 0.3) is 10.0 Å². The zero-order chi connectivity index (χ0) is 15.6. The lowest BCUT2D eigenvalue weighted by molar-refractivity contribution is 0.414. The summed E-state index contributed by atoms with van der Waals surface area (Å²) in [5, 5.41) is 0. The first-order chi connectivity index (χ1) is 9.83. The van der Waals surface area contributed by atoms with E-state index in [0.29, 0.717) is 5.75 Å². The standard InChI is InChI=1S/C13H12BrFN2O3S/c1-20-9-3-5-13(12(16)7-9)21(18,19)17-8-2-4-11(15)10(14)6-8/h2-7,17H,16H2,1H3. The molecule has 0 aliphatic carbocycles. The molecule has 112 valence electrons. The summed E-state index contributed by atoms with van der Waals surface area (Å²) in [6.07, 6.45) is 0. The SMILES string of the molecule is COc1ccc(S(=O)(=O)Nc2ccc(F)c(Br)c2)c(N)c1. The van der Waals surface area contributed by atoms with E-state index < -0.39 is 15.8 Å². The van der Waals surface area contributed by atoms with E-state index in [1.807, 2.05) is 0 Å². The van der Waals surface area contributed by atoms with Gasteiger partial charge in [-0.25, -0.2) is 12.8 Å². The van der Waals surface area contributed by atoms with E-state index in [2.05, 4.69) is 20.7 Å². The normalized spacial score (nSPS) is 11.2. The highest BCUT2D eigenvalue weighted by Gasteiger charge is 2.18. The van der Waals surface area contributed by atoms with Gasteiger partial charge in [0, 0.05) is 6.07 Å². The quantitative estimate of drug-likeness (QED) is 0.806. The van der Waals surface area contributed by atoms with Gasteiger partial charge in [0.2, 0.25) is 0 Å².